The molecule has 1 aromatic carbocycles. The minimum atomic E-state index is -0.530. The fourth-order valence-electron chi connectivity index (χ4n) is 3.49. The van der Waals surface area contributed by atoms with E-state index in [0.717, 1.165) is 36.9 Å². The van der Waals surface area contributed by atoms with E-state index in [0.29, 0.717) is 23.2 Å². The molecule has 1 amide bonds. The summed E-state index contributed by atoms with van der Waals surface area (Å²) in [6, 6.07) is 5.68. The summed E-state index contributed by atoms with van der Waals surface area (Å²) in [5.74, 6) is 1.35. The lowest BCUT2D eigenvalue weighted by Gasteiger charge is -2.39. The Bertz CT molecular complexity index is 765. The van der Waals surface area contributed by atoms with Gasteiger partial charge in [0.25, 0.3) is 0 Å². The van der Waals surface area contributed by atoms with Crippen LogP contribution in [0.2, 0.25) is 5.02 Å². The fourth-order valence-corrected chi connectivity index (χ4v) is 3.66. The van der Waals surface area contributed by atoms with E-state index in [2.05, 4.69) is 27.8 Å². The van der Waals surface area contributed by atoms with Gasteiger partial charge >= 0.3 is 0 Å². The van der Waals surface area contributed by atoms with Gasteiger partial charge in [0.15, 0.2) is 5.82 Å². The number of nitrogens with zero attached hydrogens (tertiary/aromatic N) is 4. The molecule has 7 heteroatoms. The minimum Gasteiger partial charge on any atom is -0.343 e. The largest absolute Gasteiger partial charge is 0.343 e. The van der Waals surface area contributed by atoms with Gasteiger partial charge in [-0.05, 0) is 66.6 Å². The van der Waals surface area contributed by atoms with Crippen LogP contribution in [-0.2, 0) is 10.3 Å². The lowest BCUT2D eigenvalue weighted by molar-refractivity contribution is -0.123. The van der Waals surface area contributed by atoms with Crippen molar-refractivity contribution in [2.75, 3.05) is 0 Å². The van der Waals surface area contributed by atoms with E-state index in [1.165, 1.54) is 0 Å². The number of rotatable bonds is 4. The topological polar surface area (TPSA) is 72.7 Å². The molecule has 0 radical (unpaired) electrons. The molecule has 0 bridgehead atoms. The van der Waals surface area contributed by atoms with Gasteiger partial charge in [-0.15, -0.1) is 5.10 Å². The van der Waals surface area contributed by atoms with E-state index >= 15 is 0 Å². The van der Waals surface area contributed by atoms with Crippen molar-refractivity contribution in [3.05, 3.63) is 34.6 Å². The predicted octanol–water partition coefficient (Wildman–Crippen LogP) is 3.56. The van der Waals surface area contributed by atoms with E-state index in [9.17, 15) is 4.79 Å². The molecule has 1 aliphatic rings. The van der Waals surface area contributed by atoms with Crippen molar-refractivity contribution in [1.29, 1.82) is 0 Å². The maximum absolute atomic E-state index is 12.2. The summed E-state index contributed by atoms with van der Waals surface area (Å²) in [6.07, 6.45) is 4.17. The number of amides is 1. The van der Waals surface area contributed by atoms with Crippen LogP contribution in [0.15, 0.2) is 18.2 Å². The summed E-state index contributed by atoms with van der Waals surface area (Å²) < 4.78 is 1.73. The van der Waals surface area contributed by atoms with Crippen LogP contribution in [0.25, 0.3) is 5.69 Å². The monoisotopic (exact) mass is 361 g/mol. The molecular formula is C18H24ClN5O. The maximum atomic E-state index is 12.2. The molecule has 1 heterocycles. The zero-order chi connectivity index (χ0) is 18.0. The van der Waals surface area contributed by atoms with Gasteiger partial charge < -0.3 is 5.32 Å². The average molecular weight is 362 g/mol. The van der Waals surface area contributed by atoms with Gasteiger partial charge in [-0.25, -0.2) is 0 Å². The summed E-state index contributed by atoms with van der Waals surface area (Å²) in [6.45, 7) is 6.05. The van der Waals surface area contributed by atoms with Crippen LogP contribution in [0, 0.1) is 12.8 Å². The Balaban J connectivity index is 2.08. The molecule has 2 aromatic rings. The van der Waals surface area contributed by atoms with Crippen molar-refractivity contribution < 1.29 is 4.79 Å². The van der Waals surface area contributed by atoms with Crippen LogP contribution in [0.3, 0.4) is 0 Å². The highest BCUT2D eigenvalue weighted by Gasteiger charge is 2.42. The number of halogens is 1. The Morgan fingerprint density at radius 3 is 2.80 bits per heavy atom. The molecule has 6 nitrogen and oxygen atoms in total. The fraction of sp³-hybridized carbons (Fsp3) is 0.556. The molecule has 3 rings (SSSR count). The highest BCUT2D eigenvalue weighted by atomic mass is 35.5. The Hall–Kier alpha value is -1.95. The predicted molar refractivity (Wildman–Crippen MR) is 96.6 cm³/mol. The van der Waals surface area contributed by atoms with E-state index in [1.54, 1.807) is 4.68 Å². The van der Waals surface area contributed by atoms with Gasteiger partial charge in [-0.1, -0.05) is 31.5 Å². The van der Waals surface area contributed by atoms with Gasteiger partial charge in [0.05, 0.1) is 5.69 Å². The number of aromatic nitrogens is 4. The zero-order valence-corrected chi connectivity index (χ0v) is 15.7. The summed E-state index contributed by atoms with van der Waals surface area (Å²) in [5.41, 5.74) is 1.23. The van der Waals surface area contributed by atoms with Gasteiger partial charge in [-0.3, -0.25) is 4.79 Å². The second-order valence-electron chi connectivity index (χ2n) is 6.96. The van der Waals surface area contributed by atoms with Crippen molar-refractivity contribution >= 4 is 17.5 Å². The second kappa shape index (κ2) is 7.12. The third-order valence-electron chi connectivity index (χ3n) is 5.19. The van der Waals surface area contributed by atoms with Gasteiger partial charge in [0.1, 0.15) is 5.54 Å². The maximum Gasteiger partial charge on any atom is 0.220 e. The molecule has 0 atom stereocenters. The summed E-state index contributed by atoms with van der Waals surface area (Å²) in [4.78, 5) is 12.2. The van der Waals surface area contributed by atoms with Gasteiger partial charge in [0.2, 0.25) is 5.91 Å². The van der Waals surface area contributed by atoms with E-state index in [4.69, 9.17) is 11.6 Å². The number of hydrogen-bond acceptors (Lipinski definition) is 4. The molecule has 1 aliphatic carbocycles. The smallest absolute Gasteiger partial charge is 0.220 e. The standard InChI is InChI=1S/C18H24ClN5O/c1-4-16(25)20-18(10-8-12(2)9-11-18)17-21-22-23-24(17)15-7-5-6-14(19)13(15)3/h5-7,12H,4,8-11H2,1-3H3,(H,20,25). The first-order valence-electron chi connectivity index (χ1n) is 8.82. The Morgan fingerprint density at radius 1 is 1.40 bits per heavy atom. The third-order valence-corrected chi connectivity index (χ3v) is 5.60. The van der Waals surface area contributed by atoms with Crippen LogP contribution in [-0.4, -0.2) is 26.1 Å². The SMILES string of the molecule is CCC(=O)NC1(c2nnnn2-c2cccc(Cl)c2C)CCC(C)CC1. The van der Waals surface area contributed by atoms with Crippen molar-refractivity contribution in [3.8, 4) is 5.69 Å². The third kappa shape index (κ3) is 3.40. The second-order valence-corrected chi connectivity index (χ2v) is 7.37. The van der Waals surface area contributed by atoms with Gasteiger partial charge in [0, 0.05) is 11.4 Å². The highest BCUT2D eigenvalue weighted by molar-refractivity contribution is 6.31. The lowest BCUT2D eigenvalue weighted by Crippen LogP contribution is -2.49. The average Bonchev–Trinajstić information content (AvgIpc) is 3.09. The number of benzene rings is 1. The summed E-state index contributed by atoms with van der Waals surface area (Å²) in [5, 5.41) is 16.3. The number of carbonyl (C=O) groups is 1. The lowest BCUT2D eigenvalue weighted by atomic mass is 9.76. The van der Waals surface area contributed by atoms with Crippen LogP contribution < -0.4 is 5.32 Å². The first-order chi connectivity index (χ1) is 12.0. The molecule has 25 heavy (non-hydrogen) atoms. The van der Waals surface area contributed by atoms with E-state index in [1.807, 2.05) is 32.0 Å². The Kier molecular flexibility index (Phi) is 5.08. The Labute approximate surface area is 152 Å². The molecular weight excluding hydrogens is 338 g/mol. The van der Waals surface area contributed by atoms with Crippen molar-refractivity contribution in [2.45, 2.75) is 58.4 Å². The van der Waals surface area contributed by atoms with Crippen molar-refractivity contribution in [2.24, 2.45) is 5.92 Å². The quantitative estimate of drug-likeness (QED) is 0.903. The number of tetrazole rings is 1. The first kappa shape index (κ1) is 17.9. The molecule has 1 N–H and O–H groups in total. The van der Waals surface area contributed by atoms with Crippen LogP contribution in [0.1, 0.15) is 57.3 Å². The first-order valence-corrected chi connectivity index (χ1v) is 9.20. The molecule has 1 fully saturated rings. The minimum absolute atomic E-state index is 0.0203. The van der Waals surface area contributed by atoms with Crippen LogP contribution in [0.5, 0.6) is 0 Å². The number of nitrogens with one attached hydrogen (secondary N) is 1. The highest BCUT2D eigenvalue weighted by Crippen LogP contribution is 2.39. The van der Waals surface area contributed by atoms with Crippen molar-refractivity contribution in [3.63, 3.8) is 0 Å². The summed E-state index contributed by atoms with van der Waals surface area (Å²) >= 11 is 6.28. The molecule has 134 valence electrons. The van der Waals surface area contributed by atoms with E-state index in [-0.39, 0.29) is 5.91 Å². The molecule has 1 saturated carbocycles. The van der Waals surface area contributed by atoms with E-state index < -0.39 is 5.54 Å². The number of hydrogen-bond donors (Lipinski definition) is 1. The zero-order valence-electron chi connectivity index (χ0n) is 14.9. The van der Waals surface area contributed by atoms with Crippen LogP contribution in [0.4, 0.5) is 0 Å². The summed E-state index contributed by atoms with van der Waals surface area (Å²) in [7, 11) is 0. The van der Waals surface area contributed by atoms with Crippen LogP contribution >= 0.6 is 11.6 Å². The molecule has 0 unspecified atom stereocenters. The van der Waals surface area contributed by atoms with Crippen molar-refractivity contribution in [1.82, 2.24) is 25.5 Å². The Morgan fingerprint density at radius 2 is 2.12 bits per heavy atom. The molecule has 1 aromatic heterocycles. The van der Waals surface area contributed by atoms with Gasteiger partial charge in [-0.2, -0.15) is 4.68 Å². The molecule has 0 aliphatic heterocycles. The normalized spacial score (nSPS) is 23.4. The molecule has 0 spiro atoms. The molecule has 0 saturated heterocycles. The number of carbonyl (C=O) groups excluding carboxylic acids is 1.